The molecule has 0 bridgehead atoms. The highest BCUT2D eigenvalue weighted by Crippen LogP contribution is 2.24. The van der Waals surface area contributed by atoms with Crippen LogP contribution in [0.5, 0.6) is 5.75 Å². The number of piperidine rings is 1. The maximum Gasteiger partial charge on any atom is 0.191 e. The average molecular weight is 545 g/mol. The van der Waals surface area contributed by atoms with Crippen molar-refractivity contribution in [2.45, 2.75) is 59.1 Å². The second kappa shape index (κ2) is 14.2. The summed E-state index contributed by atoms with van der Waals surface area (Å²) in [7, 11) is 0. The molecule has 2 N–H and O–H groups in total. The third-order valence-corrected chi connectivity index (χ3v) is 5.96. The highest BCUT2D eigenvalue weighted by atomic mass is 127. The monoisotopic (exact) mass is 544 g/mol. The van der Waals surface area contributed by atoms with E-state index in [-0.39, 0.29) is 30.1 Å². The molecule has 176 valence electrons. The van der Waals surface area contributed by atoms with Crippen molar-refractivity contribution in [2.24, 2.45) is 10.9 Å². The topological polar surface area (TPSA) is 58.1 Å². The van der Waals surface area contributed by atoms with E-state index < -0.39 is 0 Å². The SMILES string of the molecule is CCCN1CCC(CNC(=NCc2ccc(C)cc2OC2CCOC2)NCC)CC1.I. The molecule has 2 aliphatic heterocycles. The van der Waals surface area contributed by atoms with Crippen LogP contribution >= 0.6 is 24.0 Å². The standard InChI is InChI=1S/C24H40N4O2.HI/c1-4-11-28-12-8-20(9-13-28)16-26-24(25-5-2)27-17-21-7-6-19(3)15-23(21)30-22-10-14-29-18-22;/h6-7,15,20,22H,4-5,8-14,16-18H2,1-3H3,(H2,25,26,27);1H. The van der Waals surface area contributed by atoms with Gasteiger partial charge in [0.2, 0.25) is 0 Å². The summed E-state index contributed by atoms with van der Waals surface area (Å²) in [5.74, 6) is 2.56. The summed E-state index contributed by atoms with van der Waals surface area (Å²) in [6.07, 6.45) is 4.90. The molecule has 1 aromatic carbocycles. The van der Waals surface area contributed by atoms with Gasteiger partial charge < -0.3 is 25.0 Å². The van der Waals surface area contributed by atoms with Crippen LogP contribution in [0.1, 0.15) is 50.7 Å². The first kappa shape index (κ1) is 26.2. The fourth-order valence-electron chi connectivity index (χ4n) is 4.16. The van der Waals surface area contributed by atoms with Gasteiger partial charge in [-0.2, -0.15) is 0 Å². The Labute approximate surface area is 205 Å². The molecule has 1 atom stereocenters. The van der Waals surface area contributed by atoms with Crippen LogP contribution < -0.4 is 15.4 Å². The van der Waals surface area contributed by atoms with Crippen LogP contribution in [0.4, 0.5) is 0 Å². The lowest BCUT2D eigenvalue weighted by Gasteiger charge is -2.32. The van der Waals surface area contributed by atoms with Gasteiger partial charge in [0.1, 0.15) is 11.9 Å². The summed E-state index contributed by atoms with van der Waals surface area (Å²) < 4.78 is 11.7. The van der Waals surface area contributed by atoms with E-state index in [2.05, 4.69) is 54.5 Å². The van der Waals surface area contributed by atoms with Crippen LogP contribution in [0.3, 0.4) is 0 Å². The summed E-state index contributed by atoms with van der Waals surface area (Å²) in [5.41, 5.74) is 2.33. The van der Waals surface area contributed by atoms with E-state index in [4.69, 9.17) is 14.5 Å². The number of hydrogen-bond acceptors (Lipinski definition) is 4. The molecule has 0 radical (unpaired) electrons. The number of likely N-dealkylation sites (tertiary alicyclic amines) is 1. The number of hydrogen-bond donors (Lipinski definition) is 2. The molecular weight excluding hydrogens is 503 g/mol. The molecule has 2 aliphatic rings. The van der Waals surface area contributed by atoms with Crippen LogP contribution in [0.2, 0.25) is 0 Å². The lowest BCUT2D eigenvalue weighted by atomic mass is 9.97. The molecule has 0 aliphatic carbocycles. The number of aliphatic imine (C=N–C) groups is 1. The summed E-state index contributed by atoms with van der Waals surface area (Å²) in [5, 5.41) is 6.96. The molecule has 2 fully saturated rings. The van der Waals surface area contributed by atoms with Crippen molar-refractivity contribution in [3.63, 3.8) is 0 Å². The number of rotatable bonds is 9. The van der Waals surface area contributed by atoms with Crippen molar-refractivity contribution < 1.29 is 9.47 Å². The fourth-order valence-corrected chi connectivity index (χ4v) is 4.16. The van der Waals surface area contributed by atoms with Crippen LogP contribution in [-0.2, 0) is 11.3 Å². The Balaban J connectivity index is 0.00000341. The van der Waals surface area contributed by atoms with Gasteiger partial charge in [0, 0.05) is 25.1 Å². The summed E-state index contributed by atoms with van der Waals surface area (Å²) in [4.78, 5) is 7.44. The van der Waals surface area contributed by atoms with E-state index in [1.807, 2.05) is 0 Å². The van der Waals surface area contributed by atoms with Gasteiger partial charge in [-0.25, -0.2) is 4.99 Å². The van der Waals surface area contributed by atoms with Crippen molar-refractivity contribution in [1.82, 2.24) is 15.5 Å². The van der Waals surface area contributed by atoms with Gasteiger partial charge in [0.05, 0.1) is 19.8 Å². The number of benzene rings is 1. The third kappa shape index (κ3) is 8.77. The van der Waals surface area contributed by atoms with Crippen LogP contribution in [0, 0.1) is 12.8 Å². The quantitative estimate of drug-likeness (QED) is 0.280. The molecule has 2 heterocycles. The number of aryl methyl sites for hydroxylation is 1. The van der Waals surface area contributed by atoms with E-state index in [1.165, 1.54) is 44.5 Å². The van der Waals surface area contributed by atoms with E-state index in [0.717, 1.165) is 49.3 Å². The van der Waals surface area contributed by atoms with E-state index in [9.17, 15) is 0 Å². The first-order chi connectivity index (χ1) is 14.7. The normalized spacial score (nSPS) is 20.4. The largest absolute Gasteiger partial charge is 0.488 e. The van der Waals surface area contributed by atoms with Crippen molar-refractivity contribution in [2.75, 3.05) is 45.9 Å². The predicted molar refractivity (Wildman–Crippen MR) is 139 cm³/mol. The predicted octanol–water partition coefficient (Wildman–Crippen LogP) is 3.96. The van der Waals surface area contributed by atoms with Crippen LogP contribution in [-0.4, -0.2) is 62.9 Å². The van der Waals surface area contributed by atoms with E-state index in [0.29, 0.717) is 13.2 Å². The van der Waals surface area contributed by atoms with E-state index >= 15 is 0 Å². The fraction of sp³-hybridized carbons (Fsp3) is 0.708. The number of halogens is 1. The van der Waals surface area contributed by atoms with Crippen molar-refractivity contribution in [3.8, 4) is 5.75 Å². The maximum absolute atomic E-state index is 6.22. The minimum Gasteiger partial charge on any atom is -0.488 e. The molecule has 7 heteroatoms. The molecule has 1 unspecified atom stereocenters. The van der Waals surface area contributed by atoms with Crippen molar-refractivity contribution >= 4 is 29.9 Å². The minimum atomic E-state index is 0. The Kier molecular flexibility index (Phi) is 12.0. The third-order valence-electron chi connectivity index (χ3n) is 5.96. The summed E-state index contributed by atoms with van der Waals surface area (Å²) in [6, 6.07) is 6.39. The van der Waals surface area contributed by atoms with Gasteiger partial charge in [-0.05, 0) is 70.3 Å². The average Bonchev–Trinajstić information content (AvgIpc) is 3.25. The zero-order valence-electron chi connectivity index (χ0n) is 19.5. The summed E-state index contributed by atoms with van der Waals surface area (Å²) >= 11 is 0. The Hall–Kier alpha value is -1.06. The Bertz CT molecular complexity index is 672. The Morgan fingerprint density at radius 2 is 2.00 bits per heavy atom. The second-order valence-electron chi connectivity index (χ2n) is 8.58. The first-order valence-corrected chi connectivity index (χ1v) is 11.8. The van der Waals surface area contributed by atoms with Gasteiger partial charge in [-0.3, -0.25) is 0 Å². The molecule has 6 nitrogen and oxygen atoms in total. The van der Waals surface area contributed by atoms with Gasteiger partial charge in [0.15, 0.2) is 5.96 Å². The van der Waals surface area contributed by atoms with Crippen molar-refractivity contribution in [3.05, 3.63) is 29.3 Å². The molecule has 1 aromatic rings. The number of nitrogens with one attached hydrogen (secondary N) is 2. The number of ether oxygens (including phenoxy) is 2. The van der Waals surface area contributed by atoms with Crippen LogP contribution in [0.25, 0.3) is 0 Å². The number of nitrogens with zero attached hydrogens (tertiary/aromatic N) is 2. The van der Waals surface area contributed by atoms with Crippen LogP contribution in [0.15, 0.2) is 23.2 Å². The Morgan fingerprint density at radius 3 is 2.68 bits per heavy atom. The van der Waals surface area contributed by atoms with Gasteiger partial charge in [-0.1, -0.05) is 19.1 Å². The highest BCUT2D eigenvalue weighted by Gasteiger charge is 2.20. The minimum absolute atomic E-state index is 0. The summed E-state index contributed by atoms with van der Waals surface area (Å²) in [6.45, 7) is 14.1. The van der Waals surface area contributed by atoms with Gasteiger partial charge in [-0.15, -0.1) is 24.0 Å². The number of guanidine groups is 1. The lowest BCUT2D eigenvalue weighted by molar-refractivity contribution is 0.140. The maximum atomic E-state index is 6.22. The molecule has 0 spiro atoms. The smallest absolute Gasteiger partial charge is 0.191 e. The van der Waals surface area contributed by atoms with Gasteiger partial charge in [0.25, 0.3) is 0 Å². The van der Waals surface area contributed by atoms with Crippen molar-refractivity contribution in [1.29, 1.82) is 0 Å². The molecule has 0 amide bonds. The molecule has 31 heavy (non-hydrogen) atoms. The molecule has 0 saturated carbocycles. The van der Waals surface area contributed by atoms with E-state index in [1.54, 1.807) is 0 Å². The van der Waals surface area contributed by atoms with Gasteiger partial charge >= 0.3 is 0 Å². The zero-order chi connectivity index (χ0) is 21.2. The molecule has 0 aromatic heterocycles. The Morgan fingerprint density at radius 1 is 1.19 bits per heavy atom. The molecule has 3 rings (SSSR count). The highest BCUT2D eigenvalue weighted by molar-refractivity contribution is 14.0. The second-order valence-corrected chi connectivity index (χ2v) is 8.58. The first-order valence-electron chi connectivity index (χ1n) is 11.8. The molecule has 2 saturated heterocycles. The lowest BCUT2D eigenvalue weighted by Crippen LogP contribution is -2.43. The molecular formula is C24H41IN4O2. The zero-order valence-corrected chi connectivity index (χ0v) is 21.8.